The topological polar surface area (TPSA) is 49.3 Å². The van der Waals surface area contributed by atoms with Gasteiger partial charge >= 0.3 is 0 Å². The maximum Gasteiger partial charge on any atom is 0.261 e. The fraction of sp³-hybridized carbons (Fsp3) is 0.500. The van der Waals surface area contributed by atoms with Crippen LogP contribution in [-0.4, -0.2) is 24.2 Å². The number of nitrogens with one attached hydrogen (secondary N) is 1. The minimum atomic E-state index is -0.157. The molecule has 18 heavy (non-hydrogen) atoms. The number of aliphatic hydroxyl groups is 1. The number of carbonyl (C=O) groups excluding carboxylic acids is 1. The molecule has 0 saturated heterocycles. The van der Waals surface area contributed by atoms with Crippen LogP contribution in [0.2, 0.25) is 0 Å². The number of aryl methyl sites for hydroxylation is 1. The van der Waals surface area contributed by atoms with Crippen LogP contribution >= 0.6 is 11.3 Å². The maximum absolute atomic E-state index is 11.8. The van der Waals surface area contributed by atoms with Gasteiger partial charge in [0.2, 0.25) is 0 Å². The van der Waals surface area contributed by atoms with E-state index < -0.39 is 0 Å². The van der Waals surface area contributed by atoms with E-state index in [0.717, 1.165) is 36.2 Å². The first kappa shape index (κ1) is 14.7. The van der Waals surface area contributed by atoms with Crippen molar-refractivity contribution < 1.29 is 9.90 Å². The summed E-state index contributed by atoms with van der Waals surface area (Å²) in [5.74, 6) is 5.42. The predicted octanol–water partition coefficient (Wildman–Crippen LogP) is 2.32. The van der Waals surface area contributed by atoms with Crippen molar-refractivity contribution in [2.24, 2.45) is 0 Å². The zero-order valence-electron chi connectivity index (χ0n) is 10.9. The molecule has 1 aromatic heterocycles. The van der Waals surface area contributed by atoms with Gasteiger partial charge in [-0.05, 0) is 25.0 Å². The molecule has 98 valence electrons. The molecule has 0 unspecified atom stereocenters. The first-order chi connectivity index (χ1) is 8.69. The second-order valence-corrected chi connectivity index (χ2v) is 5.10. The Kier molecular flexibility index (Phi) is 6.48. The quantitative estimate of drug-likeness (QED) is 0.634. The third-order valence-corrected chi connectivity index (χ3v) is 3.64. The highest BCUT2D eigenvalue weighted by atomic mass is 32.1. The lowest BCUT2D eigenvalue weighted by Gasteiger charge is -2.01. The van der Waals surface area contributed by atoms with Crippen LogP contribution in [0.5, 0.6) is 0 Å². The molecule has 0 aliphatic rings. The zero-order valence-corrected chi connectivity index (χ0v) is 11.7. The number of unbranched alkanes of at least 4 members (excludes halogenated alkanes) is 2. The Labute approximate surface area is 112 Å². The van der Waals surface area contributed by atoms with Crippen molar-refractivity contribution in [3.63, 3.8) is 0 Å². The SMILES string of the molecule is CCCCCNC(=O)c1cc(C)c(C#CCO)s1. The summed E-state index contributed by atoms with van der Waals surface area (Å²) in [7, 11) is 0. The summed E-state index contributed by atoms with van der Waals surface area (Å²) in [6.07, 6.45) is 3.30. The molecule has 0 spiro atoms. The smallest absolute Gasteiger partial charge is 0.261 e. The van der Waals surface area contributed by atoms with Crippen LogP contribution < -0.4 is 5.32 Å². The molecule has 2 N–H and O–H groups in total. The normalized spacial score (nSPS) is 9.72. The summed E-state index contributed by atoms with van der Waals surface area (Å²) in [4.78, 5) is 13.4. The van der Waals surface area contributed by atoms with Crippen molar-refractivity contribution in [1.82, 2.24) is 5.32 Å². The molecule has 0 radical (unpaired) electrons. The van der Waals surface area contributed by atoms with E-state index in [1.54, 1.807) is 0 Å². The average Bonchev–Trinajstić information content (AvgIpc) is 2.73. The van der Waals surface area contributed by atoms with Crippen molar-refractivity contribution >= 4 is 17.2 Å². The summed E-state index contributed by atoms with van der Waals surface area (Å²) in [5.41, 5.74) is 0.986. The molecule has 0 aliphatic carbocycles. The van der Waals surface area contributed by atoms with Crippen molar-refractivity contribution in [1.29, 1.82) is 0 Å². The summed E-state index contributed by atoms with van der Waals surface area (Å²) < 4.78 is 0. The van der Waals surface area contributed by atoms with Gasteiger partial charge in [-0.3, -0.25) is 4.79 Å². The Morgan fingerprint density at radius 2 is 2.28 bits per heavy atom. The number of rotatable bonds is 5. The Morgan fingerprint density at radius 3 is 2.94 bits per heavy atom. The summed E-state index contributed by atoms with van der Waals surface area (Å²) in [6.45, 7) is 4.62. The van der Waals surface area contributed by atoms with E-state index >= 15 is 0 Å². The average molecular weight is 265 g/mol. The third kappa shape index (κ3) is 4.52. The molecule has 1 amide bonds. The van der Waals surface area contributed by atoms with Crippen LogP contribution in [0.4, 0.5) is 0 Å². The number of aliphatic hydroxyl groups excluding tert-OH is 1. The Morgan fingerprint density at radius 1 is 1.50 bits per heavy atom. The summed E-state index contributed by atoms with van der Waals surface area (Å²) in [6, 6.07) is 1.85. The van der Waals surface area contributed by atoms with Crippen molar-refractivity contribution in [2.75, 3.05) is 13.2 Å². The van der Waals surface area contributed by atoms with Crippen LogP contribution in [0.3, 0.4) is 0 Å². The minimum Gasteiger partial charge on any atom is -0.384 e. The second kappa shape index (κ2) is 7.91. The number of thiophene rings is 1. The Balaban J connectivity index is 2.58. The highest BCUT2D eigenvalue weighted by molar-refractivity contribution is 7.14. The van der Waals surface area contributed by atoms with E-state index in [4.69, 9.17) is 5.11 Å². The van der Waals surface area contributed by atoms with Crippen LogP contribution in [0, 0.1) is 18.8 Å². The van der Waals surface area contributed by atoms with E-state index in [-0.39, 0.29) is 12.5 Å². The van der Waals surface area contributed by atoms with Gasteiger partial charge in [0.05, 0.1) is 9.75 Å². The summed E-state index contributed by atoms with van der Waals surface area (Å²) >= 11 is 1.37. The molecule has 1 heterocycles. The van der Waals surface area contributed by atoms with Gasteiger partial charge in [0, 0.05) is 6.54 Å². The van der Waals surface area contributed by atoms with E-state index in [1.807, 2.05) is 13.0 Å². The molecule has 1 aromatic rings. The first-order valence-corrected chi connectivity index (χ1v) is 6.99. The van der Waals surface area contributed by atoms with Crippen LogP contribution in [0.25, 0.3) is 0 Å². The number of amides is 1. The van der Waals surface area contributed by atoms with Gasteiger partial charge in [0.25, 0.3) is 5.91 Å². The molecule has 0 fully saturated rings. The first-order valence-electron chi connectivity index (χ1n) is 6.17. The van der Waals surface area contributed by atoms with Crippen LogP contribution in [0.15, 0.2) is 6.07 Å². The predicted molar refractivity (Wildman–Crippen MR) is 74.9 cm³/mol. The lowest BCUT2D eigenvalue weighted by molar-refractivity contribution is 0.0957. The van der Waals surface area contributed by atoms with E-state index in [1.165, 1.54) is 11.3 Å². The molecule has 4 heteroatoms. The maximum atomic E-state index is 11.8. The van der Waals surface area contributed by atoms with Gasteiger partial charge in [-0.25, -0.2) is 0 Å². The van der Waals surface area contributed by atoms with Crippen LogP contribution in [-0.2, 0) is 0 Å². The lowest BCUT2D eigenvalue weighted by Crippen LogP contribution is -2.23. The fourth-order valence-corrected chi connectivity index (χ4v) is 2.47. The highest BCUT2D eigenvalue weighted by Gasteiger charge is 2.10. The second-order valence-electron chi connectivity index (χ2n) is 4.05. The monoisotopic (exact) mass is 265 g/mol. The molecule has 1 rings (SSSR count). The molecular weight excluding hydrogens is 246 g/mol. The molecule has 0 aliphatic heterocycles. The highest BCUT2D eigenvalue weighted by Crippen LogP contribution is 2.20. The number of hydrogen-bond donors (Lipinski definition) is 2. The van der Waals surface area contributed by atoms with Gasteiger partial charge in [-0.15, -0.1) is 11.3 Å². The van der Waals surface area contributed by atoms with Gasteiger partial charge in [0.1, 0.15) is 6.61 Å². The van der Waals surface area contributed by atoms with Crippen LogP contribution in [0.1, 0.15) is 46.3 Å². The zero-order chi connectivity index (χ0) is 13.4. The standard InChI is InChI=1S/C14H19NO2S/c1-3-4-5-8-15-14(17)13-10-11(2)12(18-13)7-6-9-16/h10,16H,3-5,8-9H2,1-2H3,(H,15,17). The minimum absolute atomic E-state index is 0.0312. The molecule has 0 atom stereocenters. The van der Waals surface area contributed by atoms with Crippen molar-refractivity contribution in [3.8, 4) is 11.8 Å². The fourth-order valence-electron chi connectivity index (χ4n) is 1.50. The molecule has 0 aromatic carbocycles. The molecular formula is C14H19NO2S. The third-order valence-electron chi connectivity index (χ3n) is 2.49. The Hall–Kier alpha value is -1.31. The molecule has 0 saturated carbocycles. The van der Waals surface area contributed by atoms with Crippen molar-refractivity contribution in [2.45, 2.75) is 33.1 Å². The number of carbonyl (C=O) groups is 1. The number of hydrogen-bond acceptors (Lipinski definition) is 3. The van der Waals surface area contributed by atoms with E-state index in [9.17, 15) is 4.79 Å². The van der Waals surface area contributed by atoms with Gasteiger partial charge in [-0.2, -0.15) is 0 Å². The van der Waals surface area contributed by atoms with E-state index in [2.05, 4.69) is 24.1 Å². The largest absolute Gasteiger partial charge is 0.384 e. The van der Waals surface area contributed by atoms with Crippen molar-refractivity contribution in [3.05, 3.63) is 21.4 Å². The molecule has 3 nitrogen and oxygen atoms in total. The van der Waals surface area contributed by atoms with Gasteiger partial charge in [-0.1, -0.05) is 31.6 Å². The Bertz CT molecular complexity index is 454. The van der Waals surface area contributed by atoms with E-state index in [0.29, 0.717) is 4.88 Å². The molecule has 0 bridgehead atoms. The van der Waals surface area contributed by atoms with Gasteiger partial charge in [0.15, 0.2) is 0 Å². The summed E-state index contributed by atoms with van der Waals surface area (Å²) in [5, 5.41) is 11.6. The van der Waals surface area contributed by atoms with Gasteiger partial charge < -0.3 is 10.4 Å². The lowest BCUT2D eigenvalue weighted by atomic mass is 10.2.